The van der Waals surface area contributed by atoms with Gasteiger partial charge in [0.1, 0.15) is 11.8 Å². The second-order valence-electron chi connectivity index (χ2n) is 7.10. The molecule has 1 amide bonds. The first-order valence-electron chi connectivity index (χ1n) is 9.40. The Kier molecular flexibility index (Phi) is 5.02. The minimum Gasteiger partial charge on any atom is -0.493 e. The van der Waals surface area contributed by atoms with Crippen LogP contribution in [0.2, 0.25) is 0 Å². The van der Waals surface area contributed by atoms with Gasteiger partial charge in [-0.15, -0.1) is 0 Å². The van der Waals surface area contributed by atoms with Gasteiger partial charge in [-0.1, -0.05) is 36.4 Å². The van der Waals surface area contributed by atoms with E-state index in [1.165, 1.54) is 0 Å². The fraction of sp³-hybridized carbons (Fsp3) is 0.273. The monoisotopic (exact) mass is 378 g/mol. The van der Waals surface area contributed by atoms with E-state index in [0.29, 0.717) is 6.61 Å². The molecule has 1 aliphatic rings. The number of carbonyl (C=O) groups is 2. The van der Waals surface area contributed by atoms with Crippen LogP contribution in [0.5, 0.6) is 5.75 Å². The molecule has 2 atom stereocenters. The Balaban J connectivity index is 1.45. The van der Waals surface area contributed by atoms with E-state index in [1.54, 1.807) is 0 Å². The number of hydrogen-bond acceptors (Lipinski definition) is 3. The number of ether oxygens (including phenoxy) is 1. The lowest BCUT2D eigenvalue weighted by atomic mass is 9.90. The molecule has 6 nitrogen and oxygen atoms in total. The van der Waals surface area contributed by atoms with Gasteiger partial charge in [0, 0.05) is 29.9 Å². The average Bonchev–Trinajstić information content (AvgIpc) is 3.11. The smallest absolute Gasteiger partial charge is 0.326 e. The van der Waals surface area contributed by atoms with E-state index < -0.39 is 12.0 Å². The van der Waals surface area contributed by atoms with Crippen LogP contribution >= 0.6 is 0 Å². The van der Waals surface area contributed by atoms with Crippen molar-refractivity contribution < 1.29 is 19.4 Å². The summed E-state index contributed by atoms with van der Waals surface area (Å²) >= 11 is 0. The molecule has 6 heteroatoms. The van der Waals surface area contributed by atoms with Gasteiger partial charge >= 0.3 is 5.97 Å². The van der Waals surface area contributed by atoms with Gasteiger partial charge in [-0.3, -0.25) is 4.79 Å². The predicted molar refractivity (Wildman–Crippen MR) is 105 cm³/mol. The maximum absolute atomic E-state index is 12.6. The van der Waals surface area contributed by atoms with Crippen molar-refractivity contribution in [2.45, 2.75) is 31.2 Å². The normalized spacial score (nSPS) is 16.8. The first-order valence-corrected chi connectivity index (χ1v) is 9.40. The molecule has 0 spiro atoms. The topological polar surface area (TPSA) is 91.4 Å². The van der Waals surface area contributed by atoms with Crippen LogP contribution in [0.15, 0.2) is 54.7 Å². The number of carboxylic acids is 1. The molecular formula is C22H22N2O4. The zero-order valence-corrected chi connectivity index (χ0v) is 15.4. The Morgan fingerprint density at radius 3 is 2.82 bits per heavy atom. The van der Waals surface area contributed by atoms with E-state index in [9.17, 15) is 14.7 Å². The van der Waals surface area contributed by atoms with E-state index in [2.05, 4.69) is 10.3 Å². The van der Waals surface area contributed by atoms with E-state index in [4.69, 9.17) is 4.74 Å². The van der Waals surface area contributed by atoms with Crippen LogP contribution in [0.25, 0.3) is 10.9 Å². The summed E-state index contributed by atoms with van der Waals surface area (Å²) in [6, 6.07) is 14.4. The van der Waals surface area contributed by atoms with Crippen LogP contribution in [0.1, 0.15) is 29.9 Å². The average molecular weight is 378 g/mol. The third-order valence-electron chi connectivity index (χ3n) is 5.25. The van der Waals surface area contributed by atoms with Crippen molar-refractivity contribution in [2.24, 2.45) is 0 Å². The van der Waals surface area contributed by atoms with Crippen molar-refractivity contribution in [1.29, 1.82) is 0 Å². The number of rotatable bonds is 6. The lowest BCUT2D eigenvalue weighted by Gasteiger charge is -2.26. The van der Waals surface area contributed by atoms with Crippen LogP contribution in [0.4, 0.5) is 0 Å². The van der Waals surface area contributed by atoms with Gasteiger partial charge in [0.25, 0.3) is 0 Å². The van der Waals surface area contributed by atoms with Gasteiger partial charge in [-0.25, -0.2) is 4.79 Å². The molecule has 0 bridgehead atoms. The fourth-order valence-corrected chi connectivity index (χ4v) is 3.83. The number of fused-ring (bicyclic) bond motifs is 2. The number of carboxylic acid groups (broad SMARTS) is 1. The highest BCUT2D eigenvalue weighted by Gasteiger charge is 2.27. The summed E-state index contributed by atoms with van der Waals surface area (Å²) in [6.07, 6.45) is 3.03. The maximum Gasteiger partial charge on any atom is 0.326 e. The molecule has 0 radical (unpaired) electrons. The summed E-state index contributed by atoms with van der Waals surface area (Å²) < 4.78 is 5.64. The number of hydrogen-bond donors (Lipinski definition) is 3. The largest absolute Gasteiger partial charge is 0.493 e. The molecule has 28 heavy (non-hydrogen) atoms. The predicted octanol–water partition coefficient (Wildman–Crippen LogP) is 3.24. The summed E-state index contributed by atoms with van der Waals surface area (Å²) in [5, 5.41) is 13.3. The van der Waals surface area contributed by atoms with Crippen molar-refractivity contribution in [1.82, 2.24) is 10.3 Å². The van der Waals surface area contributed by atoms with Crippen molar-refractivity contribution in [3.63, 3.8) is 0 Å². The third kappa shape index (κ3) is 3.71. The van der Waals surface area contributed by atoms with Crippen LogP contribution in [0, 0.1) is 0 Å². The molecule has 0 unspecified atom stereocenters. The Morgan fingerprint density at radius 1 is 1.18 bits per heavy atom. The molecule has 3 N–H and O–H groups in total. The number of aliphatic carboxylic acids is 1. The van der Waals surface area contributed by atoms with Crippen molar-refractivity contribution in [3.05, 3.63) is 65.9 Å². The first-order chi connectivity index (χ1) is 13.6. The second-order valence-corrected chi connectivity index (χ2v) is 7.10. The molecule has 0 fully saturated rings. The Hall–Kier alpha value is -3.28. The Bertz CT molecular complexity index is 1010. The number of carbonyl (C=O) groups excluding carboxylic acids is 1. The number of amides is 1. The number of aromatic nitrogens is 1. The molecule has 0 aliphatic carbocycles. The number of nitrogens with one attached hydrogen (secondary N) is 2. The minimum absolute atomic E-state index is 0.0347. The number of benzene rings is 2. The van der Waals surface area contributed by atoms with Crippen LogP contribution in [-0.2, 0) is 16.0 Å². The van der Waals surface area contributed by atoms with Gasteiger partial charge in [-0.05, 0) is 35.6 Å². The van der Waals surface area contributed by atoms with E-state index >= 15 is 0 Å². The molecule has 4 rings (SSSR count). The second kappa shape index (κ2) is 7.76. The molecule has 0 saturated heterocycles. The van der Waals surface area contributed by atoms with Crippen molar-refractivity contribution in [2.75, 3.05) is 6.61 Å². The molecular weight excluding hydrogens is 356 g/mol. The SMILES string of the molecule is O=C(C[C@H]1CCOc2ccccc21)N[C@H](Cc1c[nH]c2ccccc12)C(=O)O. The highest BCUT2D eigenvalue weighted by Crippen LogP contribution is 2.35. The molecule has 3 aromatic rings. The molecule has 2 heterocycles. The minimum atomic E-state index is -1.04. The number of aromatic amines is 1. The summed E-state index contributed by atoms with van der Waals surface area (Å²) in [6.45, 7) is 0.562. The van der Waals surface area contributed by atoms with Crippen molar-refractivity contribution >= 4 is 22.8 Å². The lowest BCUT2D eigenvalue weighted by Crippen LogP contribution is -2.42. The molecule has 144 valence electrons. The van der Waals surface area contributed by atoms with Crippen LogP contribution in [0.3, 0.4) is 0 Å². The molecule has 2 aromatic carbocycles. The van der Waals surface area contributed by atoms with Gasteiger partial charge in [0.2, 0.25) is 5.91 Å². The number of H-pyrrole nitrogens is 1. The summed E-state index contributed by atoms with van der Waals surface area (Å²) in [5.74, 6) is -0.451. The molecule has 0 saturated carbocycles. The zero-order chi connectivity index (χ0) is 19.5. The summed E-state index contributed by atoms with van der Waals surface area (Å²) in [7, 11) is 0. The van der Waals surface area contributed by atoms with E-state index in [1.807, 2.05) is 54.7 Å². The quantitative estimate of drug-likeness (QED) is 0.614. The van der Waals surface area contributed by atoms with E-state index in [-0.39, 0.29) is 24.7 Å². The fourth-order valence-electron chi connectivity index (χ4n) is 3.83. The maximum atomic E-state index is 12.6. The van der Waals surface area contributed by atoms with Gasteiger partial charge < -0.3 is 20.1 Å². The highest BCUT2D eigenvalue weighted by atomic mass is 16.5. The zero-order valence-electron chi connectivity index (χ0n) is 15.4. The van der Waals surface area contributed by atoms with Gasteiger partial charge in [0.15, 0.2) is 0 Å². The summed E-state index contributed by atoms with van der Waals surface area (Å²) in [5.41, 5.74) is 2.83. The number of para-hydroxylation sites is 2. The highest BCUT2D eigenvalue weighted by molar-refractivity contribution is 5.87. The first kappa shape index (κ1) is 18.1. The van der Waals surface area contributed by atoms with Crippen molar-refractivity contribution in [3.8, 4) is 5.75 Å². The lowest BCUT2D eigenvalue weighted by molar-refractivity contribution is -0.141. The molecule has 1 aromatic heterocycles. The third-order valence-corrected chi connectivity index (χ3v) is 5.25. The Labute approximate surface area is 162 Å². The van der Waals surface area contributed by atoms with Gasteiger partial charge in [-0.2, -0.15) is 0 Å². The van der Waals surface area contributed by atoms with Crippen LogP contribution in [-0.4, -0.2) is 34.6 Å². The summed E-state index contributed by atoms with van der Waals surface area (Å²) in [4.78, 5) is 27.5. The van der Waals surface area contributed by atoms with Crippen LogP contribution < -0.4 is 10.1 Å². The standard InChI is InChI=1S/C22H22N2O4/c25-21(12-14-9-10-28-20-8-4-2-6-17(14)20)24-19(22(26)27)11-15-13-23-18-7-3-1-5-16(15)18/h1-8,13-14,19,23H,9-12H2,(H,24,25)(H,26,27)/t14-,19-/m1/s1. The van der Waals surface area contributed by atoms with E-state index in [0.717, 1.165) is 34.2 Å². The Morgan fingerprint density at radius 2 is 1.96 bits per heavy atom. The molecule has 1 aliphatic heterocycles. The van der Waals surface area contributed by atoms with Gasteiger partial charge in [0.05, 0.1) is 6.61 Å².